The first-order valence-corrected chi connectivity index (χ1v) is 11.7. The number of rotatable bonds is 6. The predicted octanol–water partition coefficient (Wildman–Crippen LogP) is 3.52. The summed E-state index contributed by atoms with van der Waals surface area (Å²) in [7, 11) is 0. The summed E-state index contributed by atoms with van der Waals surface area (Å²) in [6, 6.07) is 7.12. The van der Waals surface area contributed by atoms with E-state index in [0.717, 1.165) is 51.3 Å². The van der Waals surface area contributed by atoms with Crippen LogP contribution in [0.1, 0.15) is 50.9 Å². The van der Waals surface area contributed by atoms with Crippen LogP contribution in [0.25, 0.3) is 0 Å². The minimum absolute atomic E-state index is 0.0222. The molecule has 0 aromatic heterocycles. The van der Waals surface area contributed by atoms with Gasteiger partial charge in [0.05, 0.1) is 12.2 Å². The van der Waals surface area contributed by atoms with Gasteiger partial charge >= 0.3 is 6.03 Å². The van der Waals surface area contributed by atoms with Crippen LogP contribution in [-0.2, 0) is 4.74 Å². The average molecular weight is 431 g/mol. The third-order valence-electron chi connectivity index (χ3n) is 6.35. The van der Waals surface area contributed by atoms with Crippen molar-refractivity contribution >= 4 is 17.6 Å². The van der Waals surface area contributed by atoms with Gasteiger partial charge in [-0.3, -0.25) is 9.69 Å². The maximum Gasteiger partial charge on any atom is 0.321 e. The summed E-state index contributed by atoms with van der Waals surface area (Å²) >= 11 is 0. The summed E-state index contributed by atoms with van der Waals surface area (Å²) in [6.45, 7) is 14.3. The smallest absolute Gasteiger partial charge is 0.321 e. The first-order valence-electron chi connectivity index (χ1n) is 11.7. The first-order chi connectivity index (χ1) is 14.9. The normalized spacial score (nSPS) is 22.9. The van der Waals surface area contributed by atoms with Crippen LogP contribution in [-0.4, -0.2) is 84.7 Å². The van der Waals surface area contributed by atoms with Crippen molar-refractivity contribution in [3.8, 4) is 0 Å². The zero-order valence-electron chi connectivity index (χ0n) is 19.5. The molecular weight excluding hydrogens is 392 g/mol. The maximum atomic E-state index is 12.7. The van der Waals surface area contributed by atoms with Crippen LogP contribution in [0.2, 0.25) is 0 Å². The van der Waals surface area contributed by atoms with Crippen molar-refractivity contribution in [3.05, 3.63) is 29.8 Å². The number of piperidine rings is 1. The van der Waals surface area contributed by atoms with Crippen molar-refractivity contribution < 1.29 is 14.3 Å². The van der Waals surface area contributed by atoms with Gasteiger partial charge in [-0.25, -0.2) is 4.79 Å². The lowest BCUT2D eigenvalue weighted by Gasteiger charge is -2.39. The van der Waals surface area contributed by atoms with Crippen LogP contribution in [0.15, 0.2) is 24.3 Å². The topological polar surface area (TPSA) is 65.1 Å². The number of carbonyl (C=O) groups is 2. The first kappa shape index (κ1) is 23.5. The van der Waals surface area contributed by atoms with E-state index < -0.39 is 0 Å². The van der Waals surface area contributed by atoms with E-state index in [0.29, 0.717) is 36.8 Å². The molecule has 1 aromatic rings. The van der Waals surface area contributed by atoms with E-state index >= 15 is 0 Å². The molecule has 31 heavy (non-hydrogen) atoms. The number of ether oxygens (including phenoxy) is 1. The van der Waals surface area contributed by atoms with Gasteiger partial charge < -0.3 is 19.9 Å². The Morgan fingerprint density at radius 1 is 1.03 bits per heavy atom. The Hall–Kier alpha value is -2.12. The molecule has 2 saturated heterocycles. The molecule has 2 heterocycles. The number of carbonyl (C=O) groups excluding carboxylic acids is 2. The number of hydrogen-bond donors (Lipinski definition) is 1. The number of hydrogen-bond acceptors (Lipinski definition) is 4. The number of benzene rings is 1. The lowest BCUT2D eigenvalue weighted by molar-refractivity contribution is -0.0728. The highest BCUT2D eigenvalue weighted by atomic mass is 16.5. The van der Waals surface area contributed by atoms with E-state index in [9.17, 15) is 9.59 Å². The largest absolute Gasteiger partial charge is 0.373 e. The highest BCUT2D eigenvalue weighted by Crippen LogP contribution is 2.22. The second kappa shape index (κ2) is 11.0. The van der Waals surface area contributed by atoms with Crippen LogP contribution >= 0.6 is 0 Å². The molecule has 3 rings (SSSR count). The molecule has 2 aliphatic heterocycles. The fraction of sp³-hybridized carbons (Fsp3) is 0.667. The van der Waals surface area contributed by atoms with Crippen LogP contribution < -0.4 is 5.32 Å². The summed E-state index contributed by atoms with van der Waals surface area (Å²) in [5.41, 5.74) is 1.37. The van der Waals surface area contributed by atoms with Gasteiger partial charge in [0.25, 0.3) is 5.91 Å². The lowest BCUT2D eigenvalue weighted by Crippen LogP contribution is -2.49. The number of anilines is 1. The van der Waals surface area contributed by atoms with Gasteiger partial charge in [-0.15, -0.1) is 0 Å². The average Bonchev–Trinajstić information content (AvgIpc) is 2.75. The highest BCUT2D eigenvalue weighted by molar-refractivity contribution is 5.95. The zero-order valence-corrected chi connectivity index (χ0v) is 19.5. The Bertz CT molecular complexity index is 717. The number of urea groups is 1. The van der Waals surface area contributed by atoms with E-state index in [2.05, 4.69) is 24.1 Å². The van der Waals surface area contributed by atoms with Gasteiger partial charge in [0.1, 0.15) is 0 Å². The highest BCUT2D eigenvalue weighted by Gasteiger charge is 2.28. The Balaban J connectivity index is 1.45. The molecule has 172 valence electrons. The monoisotopic (exact) mass is 430 g/mol. The Kier molecular flexibility index (Phi) is 8.32. The van der Waals surface area contributed by atoms with E-state index in [1.807, 2.05) is 30.9 Å². The molecule has 2 fully saturated rings. The Labute approximate surface area is 186 Å². The van der Waals surface area contributed by atoms with E-state index in [4.69, 9.17) is 4.74 Å². The van der Waals surface area contributed by atoms with Gasteiger partial charge in [0.2, 0.25) is 0 Å². The molecule has 1 aromatic carbocycles. The minimum atomic E-state index is -0.0603. The summed E-state index contributed by atoms with van der Waals surface area (Å²) in [4.78, 5) is 31.3. The molecule has 1 N–H and O–H groups in total. The molecule has 0 saturated carbocycles. The molecule has 0 aliphatic carbocycles. The van der Waals surface area contributed by atoms with E-state index in [1.54, 1.807) is 17.0 Å². The van der Waals surface area contributed by atoms with E-state index in [1.165, 1.54) is 0 Å². The molecule has 0 spiro atoms. The number of likely N-dealkylation sites (tertiary alicyclic amines) is 1. The van der Waals surface area contributed by atoms with Crippen LogP contribution in [0.4, 0.5) is 10.5 Å². The van der Waals surface area contributed by atoms with Crippen LogP contribution in [0.5, 0.6) is 0 Å². The Morgan fingerprint density at radius 3 is 2.16 bits per heavy atom. The number of nitrogens with one attached hydrogen (secondary N) is 1. The molecular formula is C24H38N4O3. The van der Waals surface area contributed by atoms with Crippen LogP contribution in [0.3, 0.4) is 0 Å². The van der Waals surface area contributed by atoms with Gasteiger partial charge in [0, 0.05) is 57.1 Å². The van der Waals surface area contributed by atoms with Crippen molar-refractivity contribution in [2.75, 3.05) is 51.1 Å². The summed E-state index contributed by atoms with van der Waals surface area (Å²) < 4.78 is 5.83. The van der Waals surface area contributed by atoms with Gasteiger partial charge in [-0.05, 0) is 70.7 Å². The SMILES string of the molecule is CCN(CC)C(=O)c1ccc(NC(=O)N2CCC(CN3CC(C)OC(C)C3)CC2)cc1. The lowest BCUT2D eigenvalue weighted by atomic mass is 9.96. The number of nitrogens with zero attached hydrogens (tertiary/aromatic N) is 3. The molecule has 2 aliphatic rings. The van der Waals surface area contributed by atoms with E-state index in [-0.39, 0.29) is 11.9 Å². The third-order valence-corrected chi connectivity index (χ3v) is 6.35. The quantitative estimate of drug-likeness (QED) is 0.750. The van der Waals surface area contributed by atoms with Crippen molar-refractivity contribution in [1.82, 2.24) is 14.7 Å². The molecule has 3 amide bonds. The predicted molar refractivity (Wildman–Crippen MR) is 123 cm³/mol. The molecule has 0 radical (unpaired) electrons. The van der Waals surface area contributed by atoms with Gasteiger partial charge in [-0.2, -0.15) is 0 Å². The molecule has 0 bridgehead atoms. The van der Waals surface area contributed by atoms with Crippen molar-refractivity contribution in [2.24, 2.45) is 5.92 Å². The molecule has 2 atom stereocenters. The number of amides is 3. The van der Waals surface area contributed by atoms with Crippen molar-refractivity contribution in [1.29, 1.82) is 0 Å². The molecule has 2 unspecified atom stereocenters. The summed E-state index contributed by atoms with van der Waals surface area (Å²) in [5, 5.41) is 2.98. The summed E-state index contributed by atoms with van der Waals surface area (Å²) in [5.74, 6) is 0.654. The van der Waals surface area contributed by atoms with Gasteiger partial charge in [0.15, 0.2) is 0 Å². The summed E-state index contributed by atoms with van der Waals surface area (Å²) in [6.07, 6.45) is 2.65. The second-order valence-electron chi connectivity index (χ2n) is 8.89. The molecule has 7 nitrogen and oxygen atoms in total. The molecule has 7 heteroatoms. The fourth-order valence-electron chi connectivity index (χ4n) is 4.71. The zero-order chi connectivity index (χ0) is 22.4. The van der Waals surface area contributed by atoms with Crippen molar-refractivity contribution in [3.63, 3.8) is 0 Å². The Morgan fingerprint density at radius 2 is 1.61 bits per heavy atom. The van der Waals surface area contributed by atoms with Gasteiger partial charge in [-0.1, -0.05) is 0 Å². The third kappa shape index (κ3) is 6.43. The standard InChI is InChI=1S/C24H38N4O3/c1-5-27(6-2)23(29)21-7-9-22(10-8-21)25-24(30)28-13-11-20(12-14-28)17-26-15-18(3)31-19(4)16-26/h7-10,18-20H,5-6,11-17H2,1-4H3,(H,25,30). The van der Waals surface area contributed by atoms with Crippen LogP contribution in [0, 0.1) is 5.92 Å². The van der Waals surface area contributed by atoms with Crippen molar-refractivity contribution in [2.45, 2.75) is 52.7 Å². The fourth-order valence-corrected chi connectivity index (χ4v) is 4.71. The maximum absolute atomic E-state index is 12.7. The minimum Gasteiger partial charge on any atom is -0.373 e. The second-order valence-corrected chi connectivity index (χ2v) is 8.89. The number of morpholine rings is 1.